The maximum atomic E-state index is 3.58. The zero-order valence-electron chi connectivity index (χ0n) is 9.26. The second kappa shape index (κ2) is 5.10. The molecule has 2 atom stereocenters. The van der Waals surface area contributed by atoms with E-state index in [-0.39, 0.29) is 0 Å². The Bertz CT molecular complexity index is 166. The van der Waals surface area contributed by atoms with Gasteiger partial charge >= 0.3 is 0 Å². The van der Waals surface area contributed by atoms with E-state index >= 15 is 0 Å². The molecule has 2 saturated heterocycles. The van der Waals surface area contributed by atoms with Gasteiger partial charge in [-0.1, -0.05) is 0 Å². The lowest BCUT2D eigenvalue weighted by Crippen LogP contribution is -2.41. The van der Waals surface area contributed by atoms with Crippen LogP contribution in [0.4, 0.5) is 0 Å². The highest BCUT2D eigenvalue weighted by molar-refractivity contribution is 4.81. The smallest absolute Gasteiger partial charge is 0.0195 e. The zero-order chi connectivity index (χ0) is 9.80. The lowest BCUT2D eigenvalue weighted by Gasteiger charge is -2.25. The van der Waals surface area contributed by atoms with E-state index in [0.717, 1.165) is 6.04 Å². The molecular formula is C11H23N3. The summed E-state index contributed by atoms with van der Waals surface area (Å²) in [5, 5.41) is 7.11. The fraction of sp³-hybridized carbons (Fsp3) is 1.00. The van der Waals surface area contributed by atoms with Gasteiger partial charge in [-0.15, -0.1) is 0 Å². The molecule has 2 rings (SSSR count). The monoisotopic (exact) mass is 197 g/mol. The maximum Gasteiger partial charge on any atom is 0.0195 e. The Balaban J connectivity index is 1.77. The summed E-state index contributed by atoms with van der Waals surface area (Å²) in [6.45, 7) is 8.46. The predicted octanol–water partition coefficient (Wildman–Crippen LogP) is 0.422. The highest BCUT2D eigenvalue weighted by Gasteiger charge is 2.20. The molecule has 0 aromatic heterocycles. The van der Waals surface area contributed by atoms with Gasteiger partial charge in [0.2, 0.25) is 0 Å². The first-order valence-corrected chi connectivity index (χ1v) is 6.04. The van der Waals surface area contributed by atoms with Crippen molar-refractivity contribution in [1.82, 2.24) is 15.5 Å². The summed E-state index contributed by atoms with van der Waals surface area (Å²) in [6, 6.07) is 1.43. The van der Waals surface area contributed by atoms with Crippen LogP contribution < -0.4 is 10.6 Å². The fourth-order valence-corrected chi connectivity index (χ4v) is 2.58. The van der Waals surface area contributed by atoms with Crippen LogP contribution in [-0.2, 0) is 0 Å². The average molecular weight is 197 g/mol. The number of hydrogen-bond donors (Lipinski definition) is 2. The second-order valence-electron chi connectivity index (χ2n) is 4.76. The molecule has 2 aliphatic heterocycles. The molecule has 3 heteroatoms. The summed E-state index contributed by atoms with van der Waals surface area (Å²) in [6.07, 6.45) is 4.04. The van der Waals surface area contributed by atoms with Crippen LogP contribution in [0.3, 0.4) is 0 Å². The molecule has 2 aliphatic rings. The summed E-state index contributed by atoms with van der Waals surface area (Å²) in [5.41, 5.74) is 0. The van der Waals surface area contributed by atoms with Gasteiger partial charge in [0, 0.05) is 25.2 Å². The maximum absolute atomic E-state index is 3.58. The van der Waals surface area contributed by atoms with Gasteiger partial charge in [-0.2, -0.15) is 0 Å². The Labute approximate surface area is 87.2 Å². The molecule has 2 N–H and O–H groups in total. The third-order valence-electron chi connectivity index (χ3n) is 3.32. The van der Waals surface area contributed by atoms with Crippen molar-refractivity contribution in [1.29, 1.82) is 0 Å². The molecule has 0 aromatic carbocycles. The van der Waals surface area contributed by atoms with E-state index in [4.69, 9.17) is 0 Å². The minimum Gasteiger partial charge on any atom is -0.313 e. The van der Waals surface area contributed by atoms with Gasteiger partial charge in [-0.25, -0.2) is 0 Å². The molecule has 0 spiro atoms. The SMILES string of the molecule is CC1CN(CC2CCCN2)CCCN1. The van der Waals surface area contributed by atoms with Crippen LogP contribution in [0.2, 0.25) is 0 Å². The Morgan fingerprint density at radius 2 is 2.07 bits per heavy atom. The van der Waals surface area contributed by atoms with Crippen molar-refractivity contribution in [2.75, 3.05) is 32.7 Å². The molecule has 0 radical (unpaired) electrons. The third kappa shape index (κ3) is 2.94. The minimum absolute atomic E-state index is 0.666. The molecule has 0 aliphatic carbocycles. The number of rotatable bonds is 2. The molecule has 0 aromatic rings. The summed E-state index contributed by atoms with van der Waals surface area (Å²) in [5.74, 6) is 0. The van der Waals surface area contributed by atoms with Gasteiger partial charge in [0.15, 0.2) is 0 Å². The summed E-state index contributed by atoms with van der Waals surface area (Å²) in [4.78, 5) is 2.62. The molecule has 2 heterocycles. The Kier molecular flexibility index (Phi) is 3.79. The van der Waals surface area contributed by atoms with Crippen LogP contribution in [0.15, 0.2) is 0 Å². The lowest BCUT2D eigenvalue weighted by molar-refractivity contribution is 0.248. The average Bonchev–Trinajstić information content (AvgIpc) is 2.56. The van der Waals surface area contributed by atoms with Crippen molar-refractivity contribution in [3.8, 4) is 0 Å². The van der Waals surface area contributed by atoms with Gasteiger partial charge in [-0.05, 0) is 45.8 Å². The molecule has 82 valence electrons. The highest BCUT2D eigenvalue weighted by Crippen LogP contribution is 2.08. The first-order valence-electron chi connectivity index (χ1n) is 6.04. The number of nitrogens with zero attached hydrogens (tertiary/aromatic N) is 1. The fourth-order valence-electron chi connectivity index (χ4n) is 2.58. The molecule has 3 nitrogen and oxygen atoms in total. The van der Waals surface area contributed by atoms with Crippen molar-refractivity contribution < 1.29 is 0 Å². The normalized spacial score (nSPS) is 35.8. The number of hydrogen-bond acceptors (Lipinski definition) is 3. The Morgan fingerprint density at radius 1 is 1.21 bits per heavy atom. The van der Waals surface area contributed by atoms with Gasteiger partial charge < -0.3 is 15.5 Å². The van der Waals surface area contributed by atoms with Crippen molar-refractivity contribution in [3.05, 3.63) is 0 Å². The van der Waals surface area contributed by atoms with Crippen LogP contribution in [0.1, 0.15) is 26.2 Å². The summed E-state index contributed by atoms with van der Waals surface area (Å²) in [7, 11) is 0. The first-order chi connectivity index (χ1) is 6.84. The molecular weight excluding hydrogens is 174 g/mol. The molecule has 0 bridgehead atoms. The van der Waals surface area contributed by atoms with Crippen molar-refractivity contribution >= 4 is 0 Å². The predicted molar refractivity (Wildman–Crippen MR) is 59.5 cm³/mol. The van der Waals surface area contributed by atoms with Gasteiger partial charge in [0.05, 0.1) is 0 Å². The highest BCUT2D eigenvalue weighted by atomic mass is 15.2. The molecule has 14 heavy (non-hydrogen) atoms. The first kappa shape index (κ1) is 10.4. The minimum atomic E-state index is 0.666. The van der Waals surface area contributed by atoms with E-state index in [1.807, 2.05) is 0 Å². The van der Waals surface area contributed by atoms with Crippen LogP contribution in [-0.4, -0.2) is 49.7 Å². The quantitative estimate of drug-likeness (QED) is 0.672. The number of nitrogens with one attached hydrogen (secondary N) is 2. The molecule has 0 saturated carbocycles. The van der Waals surface area contributed by atoms with E-state index < -0.39 is 0 Å². The second-order valence-corrected chi connectivity index (χ2v) is 4.76. The van der Waals surface area contributed by atoms with E-state index in [2.05, 4.69) is 22.5 Å². The zero-order valence-corrected chi connectivity index (χ0v) is 9.26. The van der Waals surface area contributed by atoms with E-state index in [9.17, 15) is 0 Å². The van der Waals surface area contributed by atoms with Crippen LogP contribution in [0, 0.1) is 0 Å². The van der Waals surface area contributed by atoms with E-state index in [1.165, 1.54) is 52.0 Å². The van der Waals surface area contributed by atoms with Crippen LogP contribution in [0.25, 0.3) is 0 Å². The van der Waals surface area contributed by atoms with Crippen molar-refractivity contribution in [3.63, 3.8) is 0 Å². The van der Waals surface area contributed by atoms with Crippen LogP contribution in [0.5, 0.6) is 0 Å². The Morgan fingerprint density at radius 3 is 2.86 bits per heavy atom. The van der Waals surface area contributed by atoms with E-state index in [0.29, 0.717) is 6.04 Å². The third-order valence-corrected chi connectivity index (χ3v) is 3.32. The lowest BCUT2D eigenvalue weighted by atomic mass is 10.2. The summed E-state index contributed by atoms with van der Waals surface area (Å²) < 4.78 is 0. The van der Waals surface area contributed by atoms with Crippen molar-refractivity contribution in [2.24, 2.45) is 0 Å². The van der Waals surface area contributed by atoms with Gasteiger partial charge in [0.25, 0.3) is 0 Å². The summed E-state index contributed by atoms with van der Waals surface area (Å²) >= 11 is 0. The standard InChI is InChI=1S/C11H23N3/c1-10-8-14(7-3-6-12-10)9-11-4-2-5-13-11/h10-13H,2-9H2,1H3. The van der Waals surface area contributed by atoms with Crippen molar-refractivity contribution in [2.45, 2.75) is 38.3 Å². The molecule has 2 unspecified atom stereocenters. The molecule has 2 fully saturated rings. The topological polar surface area (TPSA) is 27.3 Å². The Hall–Kier alpha value is -0.120. The van der Waals surface area contributed by atoms with Crippen LogP contribution >= 0.6 is 0 Å². The van der Waals surface area contributed by atoms with Gasteiger partial charge in [-0.3, -0.25) is 0 Å². The van der Waals surface area contributed by atoms with Gasteiger partial charge in [0.1, 0.15) is 0 Å². The largest absolute Gasteiger partial charge is 0.313 e. The van der Waals surface area contributed by atoms with E-state index in [1.54, 1.807) is 0 Å². The molecule has 0 amide bonds.